The number of hydrogen-bond donors (Lipinski definition) is 2. The van der Waals surface area contributed by atoms with Crippen LogP contribution in [0.2, 0.25) is 0 Å². The number of likely N-dealkylation sites (tertiary alicyclic amines) is 1. The fraction of sp³-hybridized carbons (Fsp3) is 0.588. The molecule has 0 saturated carbocycles. The van der Waals surface area contributed by atoms with Crippen molar-refractivity contribution < 1.29 is 14.3 Å². The lowest BCUT2D eigenvalue weighted by molar-refractivity contribution is -0.118. The minimum atomic E-state index is -0.668. The minimum Gasteiger partial charge on any atom is -0.492 e. The maximum Gasteiger partial charge on any atom is 0.243 e. The third kappa shape index (κ3) is 5.82. The monoisotopic (exact) mass is 321 g/mol. The summed E-state index contributed by atoms with van der Waals surface area (Å²) in [6.07, 6.45) is 1.28. The topological polar surface area (TPSA) is 76.8 Å². The van der Waals surface area contributed by atoms with E-state index in [2.05, 4.69) is 17.1 Å². The zero-order chi connectivity index (χ0) is 16.7. The van der Waals surface area contributed by atoms with Crippen molar-refractivity contribution in [3.8, 4) is 5.75 Å². The molecule has 0 aromatic heterocycles. The van der Waals surface area contributed by atoms with Gasteiger partial charge in [0.25, 0.3) is 0 Å². The highest BCUT2D eigenvalue weighted by Gasteiger charge is 2.18. The van der Waals surface area contributed by atoms with E-state index in [0.29, 0.717) is 12.3 Å². The van der Waals surface area contributed by atoms with E-state index in [4.69, 9.17) is 15.2 Å². The van der Waals surface area contributed by atoms with Crippen LogP contribution in [0.1, 0.15) is 13.3 Å². The van der Waals surface area contributed by atoms with Crippen molar-refractivity contribution >= 4 is 11.6 Å². The van der Waals surface area contributed by atoms with Crippen molar-refractivity contribution in [2.75, 3.05) is 45.3 Å². The van der Waals surface area contributed by atoms with Crippen LogP contribution in [0.25, 0.3) is 0 Å². The summed E-state index contributed by atoms with van der Waals surface area (Å²) >= 11 is 0. The van der Waals surface area contributed by atoms with Gasteiger partial charge in [-0.15, -0.1) is 0 Å². The van der Waals surface area contributed by atoms with Gasteiger partial charge in [-0.1, -0.05) is 6.92 Å². The predicted octanol–water partition coefficient (Wildman–Crippen LogP) is 1.32. The van der Waals surface area contributed by atoms with Crippen LogP contribution < -0.4 is 15.8 Å². The second kappa shape index (κ2) is 8.86. The molecule has 1 amide bonds. The van der Waals surface area contributed by atoms with Crippen LogP contribution in [0.5, 0.6) is 5.75 Å². The largest absolute Gasteiger partial charge is 0.492 e. The summed E-state index contributed by atoms with van der Waals surface area (Å²) < 4.78 is 10.6. The van der Waals surface area contributed by atoms with Gasteiger partial charge in [0.1, 0.15) is 18.4 Å². The number of ether oxygens (including phenoxy) is 2. The van der Waals surface area contributed by atoms with Gasteiger partial charge in [-0.05, 0) is 43.1 Å². The molecule has 6 nitrogen and oxygen atoms in total. The number of nitrogens with one attached hydrogen (secondary N) is 1. The molecule has 0 bridgehead atoms. The molecule has 0 radical (unpaired) electrons. The summed E-state index contributed by atoms with van der Waals surface area (Å²) in [6.45, 7) is 6.44. The summed E-state index contributed by atoms with van der Waals surface area (Å²) in [7, 11) is 1.52. The zero-order valence-corrected chi connectivity index (χ0v) is 14.0. The summed E-state index contributed by atoms with van der Waals surface area (Å²) in [5.41, 5.74) is 6.37. The molecule has 2 unspecified atom stereocenters. The Labute approximate surface area is 137 Å². The third-order valence-electron chi connectivity index (χ3n) is 3.99. The highest BCUT2D eigenvalue weighted by molar-refractivity contribution is 5.94. The zero-order valence-electron chi connectivity index (χ0n) is 14.0. The fourth-order valence-electron chi connectivity index (χ4n) is 2.65. The Balaban J connectivity index is 1.72. The molecule has 128 valence electrons. The first kappa shape index (κ1) is 17.7. The summed E-state index contributed by atoms with van der Waals surface area (Å²) in [6, 6.07) is 6.66. The number of nitrogens with two attached hydrogens (primary N) is 1. The van der Waals surface area contributed by atoms with Crippen molar-refractivity contribution in [2.45, 2.75) is 19.4 Å². The molecule has 1 aliphatic rings. The summed E-state index contributed by atoms with van der Waals surface area (Å²) in [4.78, 5) is 14.2. The Morgan fingerprint density at radius 2 is 2.17 bits per heavy atom. The molecule has 0 spiro atoms. The van der Waals surface area contributed by atoms with Gasteiger partial charge in [-0.2, -0.15) is 0 Å². The van der Waals surface area contributed by atoms with Gasteiger partial charge in [-0.25, -0.2) is 0 Å². The lowest BCUT2D eigenvalue weighted by Crippen LogP contribution is -2.39. The van der Waals surface area contributed by atoms with E-state index in [1.807, 2.05) is 24.3 Å². The average molecular weight is 321 g/mol. The summed E-state index contributed by atoms with van der Waals surface area (Å²) in [5.74, 6) is 1.34. The van der Waals surface area contributed by atoms with Gasteiger partial charge in [0, 0.05) is 25.9 Å². The van der Waals surface area contributed by atoms with Crippen LogP contribution in [0.3, 0.4) is 0 Å². The Hall–Kier alpha value is -1.63. The molecule has 1 aromatic rings. The Morgan fingerprint density at radius 1 is 1.43 bits per heavy atom. The van der Waals surface area contributed by atoms with E-state index in [-0.39, 0.29) is 12.5 Å². The number of methoxy groups -OCH3 is 1. The first-order valence-corrected chi connectivity index (χ1v) is 8.09. The second-order valence-corrected chi connectivity index (χ2v) is 6.12. The Bertz CT molecular complexity index is 492. The van der Waals surface area contributed by atoms with E-state index in [1.54, 1.807) is 0 Å². The smallest absolute Gasteiger partial charge is 0.243 e. The molecular formula is C17H27N3O3. The Morgan fingerprint density at radius 3 is 2.78 bits per heavy atom. The number of carbonyl (C=O) groups excluding carboxylic acids is 1. The highest BCUT2D eigenvalue weighted by atomic mass is 16.5. The molecule has 1 heterocycles. The van der Waals surface area contributed by atoms with Gasteiger partial charge >= 0.3 is 0 Å². The molecule has 2 atom stereocenters. The van der Waals surface area contributed by atoms with Crippen LogP contribution in [-0.4, -0.2) is 56.8 Å². The molecule has 1 saturated heterocycles. The normalized spacial score (nSPS) is 19.5. The number of anilines is 1. The summed E-state index contributed by atoms with van der Waals surface area (Å²) in [5, 5.41) is 2.75. The van der Waals surface area contributed by atoms with E-state index in [9.17, 15) is 4.79 Å². The number of rotatable bonds is 8. The van der Waals surface area contributed by atoms with E-state index < -0.39 is 6.04 Å². The van der Waals surface area contributed by atoms with Crippen molar-refractivity contribution in [1.82, 2.24) is 4.90 Å². The van der Waals surface area contributed by atoms with Crippen molar-refractivity contribution in [2.24, 2.45) is 11.7 Å². The molecule has 0 aliphatic carbocycles. The lowest BCUT2D eigenvalue weighted by atomic mass is 10.2. The predicted molar refractivity (Wildman–Crippen MR) is 90.6 cm³/mol. The van der Waals surface area contributed by atoms with Crippen LogP contribution >= 0.6 is 0 Å². The maximum atomic E-state index is 11.8. The number of benzene rings is 1. The van der Waals surface area contributed by atoms with Crippen molar-refractivity contribution in [3.05, 3.63) is 24.3 Å². The number of carbonyl (C=O) groups is 1. The van der Waals surface area contributed by atoms with Gasteiger partial charge in [-0.3, -0.25) is 9.69 Å². The molecular weight excluding hydrogens is 294 g/mol. The van der Waals surface area contributed by atoms with E-state index in [1.165, 1.54) is 13.5 Å². The number of amides is 1. The minimum absolute atomic E-state index is 0.197. The SMILES string of the molecule is COCC(N)C(=O)Nc1ccc(OCCN2CCC(C)C2)cc1. The Kier molecular flexibility index (Phi) is 6.83. The fourth-order valence-corrected chi connectivity index (χ4v) is 2.65. The number of nitrogens with zero attached hydrogens (tertiary/aromatic N) is 1. The molecule has 6 heteroatoms. The first-order valence-electron chi connectivity index (χ1n) is 8.09. The number of hydrogen-bond acceptors (Lipinski definition) is 5. The van der Waals surface area contributed by atoms with Crippen molar-refractivity contribution in [1.29, 1.82) is 0 Å². The highest BCUT2D eigenvalue weighted by Crippen LogP contribution is 2.17. The van der Waals surface area contributed by atoms with Gasteiger partial charge < -0.3 is 20.5 Å². The van der Waals surface area contributed by atoms with Crippen LogP contribution in [0, 0.1) is 5.92 Å². The van der Waals surface area contributed by atoms with E-state index >= 15 is 0 Å². The average Bonchev–Trinajstić information content (AvgIpc) is 2.94. The third-order valence-corrected chi connectivity index (χ3v) is 3.99. The van der Waals surface area contributed by atoms with E-state index in [0.717, 1.165) is 31.3 Å². The lowest BCUT2D eigenvalue weighted by Gasteiger charge is -2.16. The van der Waals surface area contributed by atoms with Crippen molar-refractivity contribution in [3.63, 3.8) is 0 Å². The van der Waals surface area contributed by atoms with Gasteiger partial charge in [0.15, 0.2) is 0 Å². The molecule has 23 heavy (non-hydrogen) atoms. The van der Waals surface area contributed by atoms with Crippen LogP contribution in [0.15, 0.2) is 24.3 Å². The molecule has 1 aromatic carbocycles. The quantitative estimate of drug-likeness (QED) is 0.755. The van der Waals surface area contributed by atoms with Gasteiger partial charge in [0.2, 0.25) is 5.91 Å². The van der Waals surface area contributed by atoms with Crippen LogP contribution in [0.4, 0.5) is 5.69 Å². The van der Waals surface area contributed by atoms with Crippen LogP contribution in [-0.2, 0) is 9.53 Å². The standard InChI is InChI=1S/C17H27N3O3/c1-13-7-8-20(11-13)9-10-23-15-5-3-14(4-6-15)19-17(21)16(18)12-22-2/h3-6,13,16H,7-12,18H2,1-2H3,(H,19,21). The van der Waals surface area contributed by atoms with Gasteiger partial charge in [0.05, 0.1) is 6.61 Å². The second-order valence-electron chi connectivity index (χ2n) is 6.12. The first-order chi connectivity index (χ1) is 11.1. The molecule has 1 aliphatic heterocycles. The molecule has 3 N–H and O–H groups in total. The maximum absolute atomic E-state index is 11.8. The molecule has 2 rings (SSSR count). The molecule has 1 fully saturated rings.